The van der Waals surface area contributed by atoms with Gasteiger partial charge in [0.1, 0.15) is 12.4 Å². The van der Waals surface area contributed by atoms with Crippen molar-refractivity contribution in [3.05, 3.63) is 29.8 Å². The standard InChI is InChI=1S/C20H34N4O3S.HI/c1-4-21-20(23-18-11-14-28(25,26)16-18)22-15-17-9-7-8-10-19(17)27-13-12-24(5-2)6-3;/h7-10,18H,4-6,11-16H2,1-3H3,(H2,21,22,23);1H. The van der Waals surface area contributed by atoms with Gasteiger partial charge in [0, 0.05) is 24.7 Å². The molecule has 1 aliphatic heterocycles. The van der Waals surface area contributed by atoms with E-state index in [0.29, 0.717) is 32.1 Å². The van der Waals surface area contributed by atoms with Crippen molar-refractivity contribution in [1.82, 2.24) is 15.5 Å². The van der Waals surface area contributed by atoms with E-state index >= 15 is 0 Å². The van der Waals surface area contributed by atoms with Crippen molar-refractivity contribution in [1.29, 1.82) is 0 Å². The van der Waals surface area contributed by atoms with Gasteiger partial charge in [-0.3, -0.25) is 0 Å². The van der Waals surface area contributed by atoms with Crippen LogP contribution in [0.3, 0.4) is 0 Å². The molecule has 2 rings (SSSR count). The molecule has 0 aromatic heterocycles. The lowest BCUT2D eigenvalue weighted by Gasteiger charge is -2.19. The van der Waals surface area contributed by atoms with Gasteiger partial charge in [0.2, 0.25) is 0 Å². The largest absolute Gasteiger partial charge is 0.492 e. The van der Waals surface area contributed by atoms with Crippen molar-refractivity contribution >= 4 is 39.8 Å². The van der Waals surface area contributed by atoms with Crippen LogP contribution in [0.5, 0.6) is 5.75 Å². The molecule has 2 N–H and O–H groups in total. The highest BCUT2D eigenvalue weighted by Crippen LogP contribution is 2.19. The number of hydrogen-bond donors (Lipinski definition) is 2. The van der Waals surface area contributed by atoms with Gasteiger partial charge in [-0.1, -0.05) is 32.0 Å². The molecule has 29 heavy (non-hydrogen) atoms. The van der Waals surface area contributed by atoms with Gasteiger partial charge >= 0.3 is 0 Å². The van der Waals surface area contributed by atoms with Gasteiger partial charge in [-0.05, 0) is 32.5 Å². The van der Waals surface area contributed by atoms with E-state index in [1.54, 1.807) is 0 Å². The van der Waals surface area contributed by atoms with Crippen LogP contribution in [-0.2, 0) is 16.4 Å². The number of hydrogen-bond acceptors (Lipinski definition) is 5. The second kappa shape index (κ2) is 13.3. The molecule has 0 spiro atoms. The highest BCUT2D eigenvalue weighted by molar-refractivity contribution is 14.0. The van der Waals surface area contributed by atoms with Crippen LogP contribution in [0.2, 0.25) is 0 Å². The average molecular weight is 538 g/mol. The number of nitrogens with one attached hydrogen (secondary N) is 2. The molecule has 1 atom stereocenters. The Hall–Kier alpha value is -1.07. The highest BCUT2D eigenvalue weighted by atomic mass is 127. The van der Waals surface area contributed by atoms with Crippen LogP contribution in [0.1, 0.15) is 32.8 Å². The van der Waals surface area contributed by atoms with Crippen molar-refractivity contribution in [3.8, 4) is 5.75 Å². The molecule has 1 heterocycles. The Labute approximate surface area is 192 Å². The third-order valence-corrected chi connectivity index (χ3v) is 6.63. The van der Waals surface area contributed by atoms with Crippen molar-refractivity contribution in [2.45, 2.75) is 39.8 Å². The molecule has 1 fully saturated rings. The van der Waals surface area contributed by atoms with Gasteiger partial charge in [0.25, 0.3) is 0 Å². The summed E-state index contributed by atoms with van der Waals surface area (Å²) in [6.07, 6.45) is 0.623. The van der Waals surface area contributed by atoms with Crippen LogP contribution in [0.4, 0.5) is 0 Å². The Balaban J connectivity index is 0.00000420. The van der Waals surface area contributed by atoms with Crippen LogP contribution in [0, 0.1) is 0 Å². The minimum Gasteiger partial charge on any atom is -0.492 e. The smallest absolute Gasteiger partial charge is 0.191 e. The fourth-order valence-electron chi connectivity index (χ4n) is 3.19. The van der Waals surface area contributed by atoms with Crippen LogP contribution in [0.15, 0.2) is 29.3 Å². The molecule has 0 aliphatic carbocycles. The highest BCUT2D eigenvalue weighted by Gasteiger charge is 2.28. The Kier molecular flexibility index (Phi) is 11.9. The number of likely N-dealkylation sites (N-methyl/N-ethyl adjacent to an activating group) is 1. The average Bonchev–Trinajstić information content (AvgIpc) is 3.02. The van der Waals surface area contributed by atoms with E-state index in [9.17, 15) is 8.42 Å². The Morgan fingerprint density at radius 2 is 1.97 bits per heavy atom. The molecule has 7 nitrogen and oxygen atoms in total. The minimum atomic E-state index is -2.92. The van der Waals surface area contributed by atoms with E-state index < -0.39 is 9.84 Å². The third-order valence-electron chi connectivity index (χ3n) is 4.86. The molecule has 0 bridgehead atoms. The van der Waals surface area contributed by atoms with Gasteiger partial charge < -0.3 is 20.3 Å². The first-order valence-electron chi connectivity index (χ1n) is 10.2. The number of halogens is 1. The summed E-state index contributed by atoms with van der Waals surface area (Å²) in [6, 6.07) is 7.85. The predicted molar refractivity (Wildman–Crippen MR) is 130 cm³/mol. The van der Waals surface area contributed by atoms with E-state index in [0.717, 1.165) is 30.9 Å². The maximum absolute atomic E-state index is 11.7. The Morgan fingerprint density at radius 3 is 2.59 bits per heavy atom. The van der Waals surface area contributed by atoms with Crippen LogP contribution < -0.4 is 15.4 Å². The maximum atomic E-state index is 11.7. The van der Waals surface area contributed by atoms with Crippen molar-refractivity contribution in [2.75, 3.05) is 44.3 Å². The van der Waals surface area contributed by atoms with Gasteiger partial charge in [-0.15, -0.1) is 24.0 Å². The van der Waals surface area contributed by atoms with Gasteiger partial charge in [-0.2, -0.15) is 0 Å². The fraction of sp³-hybridized carbons (Fsp3) is 0.650. The van der Waals surface area contributed by atoms with E-state index in [2.05, 4.69) is 34.4 Å². The monoisotopic (exact) mass is 538 g/mol. The molecule has 166 valence electrons. The number of nitrogens with zero attached hydrogens (tertiary/aromatic N) is 2. The summed E-state index contributed by atoms with van der Waals surface area (Å²) in [5, 5.41) is 6.44. The number of para-hydroxylation sites is 1. The number of sulfone groups is 1. The molecule has 9 heteroatoms. The minimum absolute atomic E-state index is 0. The quantitative estimate of drug-likeness (QED) is 0.270. The Morgan fingerprint density at radius 1 is 1.24 bits per heavy atom. The van der Waals surface area contributed by atoms with E-state index in [1.165, 1.54) is 0 Å². The first-order valence-corrected chi connectivity index (χ1v) is 12.0. The number of rotatable bonds is 10. The van der Waals surface area contributed by atoms with Crippen LogP contribution >= 0.6 is 24.0 Å². The predicted octanol–water partition coefficient (Wildman–Crippen LogP) is 2.27. The molecule has 0 radical (unpaired) electrons. The SMILES string of the molecule is CCNC(=NCc1ccccc1OCCN(CC)CC)NC1CCS(=O)(=O)C1.I. The van der Waals surface area contributed by atoms with E-state index in [1.807, 2.05) is 31.2 Å². The molecule has 1 unspecified atom stereocenters. The normalized spacial score (nSPS) is 18.3. The zero-order valence-electron chi connectivity index (χ0n) is 17.7. The molecule has 1 saturated heterocycles. The zero-order valence-corrected chi connectivity index (χ0v) is 20.8. The first kappa shape index (κ1) is 26.0. The number of aliphatic imine (C=N–C) groups is 1. The van der Waals surface area contributed by atoms with E-state index in [4.69, 9.17) is 4.74 Å². The van der Waals surface area contributed by atoms with Crippen LogP contribution in [0.25, 0.3) is 0 Å². The molecule has 0 amide bonds. The second-order valence-corrected chi connectivity index (χ2v) is 9.15. The Bertz CT molecular complexity index is 739. The lowest BCUT2D eigenvalue weighted by atomic mass is 10.2. The topological polar surface area (TPSA) is 83.0 Å². The lowest BCUT2D eigenvalue weighted by molar-refractivity contribution is 0.221. The third kappa shape index (κ3) is 9.08. The summed E-state index contributed by atoms with van der Waals surface area (Å²) in [5.74, 6) is 1.90. The number of guanidine groups is 1. The first-order chi connectivity index (χ1) is 13.5. The summed E-state index contributed by atoms with van der Waals surface area (Å²) < 4.78 is 29.3. The lowest BCUT2D eigenvalue weighted by Crippen LogP contribution is -2.44. The summed E-state index contributed by atoms with van der Waals surface area (Å²) >= 11 is 0. The van der Waals surface area contributed by atoms with Crippen LogP contribution in [-0.4, -0.2) is 69.6 Å². The number of benzene rings is 1. The summed E-state index contributed by atoms with van der Waals surface area (Å²) in [4.78, 5) is 6.96. The molecule has 1 aromatic rings. The van der Waals surface area contributed by atoms with E-state index in [-0.39, 0.29) is 41.5 Å². The maximum Gasteiger partial charge on any atom is 0.191 e. The molecule has 1 aliphatic rings. The fourth-order valence-corrected chi connectivity index (χ4v) is 4.86. The molecule has 0 saturated carbocycles. The van der Waals surface area contributed by atoms with Gasteiger partial charge in [-0.25, -0.2) is 13.4 Å². The summed E-state index contributed by atoms with van der Waals surface area (Å²) in [6.45, 7) is 11.0. The van der Waals surface area contributed by atoms with Crippen molar-refractivity contribution in [2.24, 2.45) is 4.99 Å². The number of ether oxygens (including phenoxy) is 1. The zero-order chi connectivity index (χ0) is 20.4. The molecule has 1 aromatic carbocycles. The van der Waals surface area contributed by atoms with Crippen molar-refractivity contribution < 1.29 is 13.2 Å². The second-order valence-electron chi connectivity index (χ2n) is 6.92. The molecular weight excluding hydrogens is 503 g/mol. The van der Waals surface area contributed by atoms with Gasteiger partial charge in [0.15, 0.2) is 15.8 Å². The van der Waals surface area contributed by atoms with Gasteiger partial charge in [0.05, 0.1) is 18.1 Å². The van der Waals surface area contributed by atoms with Crippen molar-refractivity contribution in [3.63, 3.8) is 0 Å². The summed E-state index contributed by atoms with van der Waals surface area (Å²) in [5.41, 5.74) is 1.01. The molecular formula is C20H35IN4O3S. The summed E-state index contributed by atoms with van der Waals surface area (Å²) in [7, 11) is -2.92.